The van der Waals surface area contributed by atoms with Crippen LogP contribution in [-0.4, -0.2) is 19.0 Å². The third-order valence-corrected chi connectivity index (χ3v) is 4.18. The van der Waals surface area contributed by atoms with Gasteiger partial charge in [0.25, 0.3) is 0 Å². The Hall–Kier alpha value is -0.300. The molecular weight excluding hydrogens is 544 g/mol. The summed E-state index contributed by atoms with van der Waals surface area (Å²) in [6.45, 7) is 0. The van der Waals surface area contributed by atoms with E-state index in [4.69, 9.17) is 0 Å². The van der Waals surface area contributed by atoms with Crippen LogP contribution < -0.4 is 0 Å². The molecule has 0 amide bonds. The van der Waals surface area contributed by atoms with Crippen molar-refractivity contribution in [3.63, 3.8) is 0 Å². The maximum absolute atomic E-state index is 11.3. The second kappa shape index (κ2) is 10.5. The van der Waals surface area contributed by atoms with E-state index in [0.717, 1.165) is 0 Å². The van der Waals surface area contributed by atoms with Crippen molar-refractivity contribution in [2.24, 2.45) is 0 Å². The second-order valence-corrected chi connectivity index (χ2v) is 10.2. The van der Waals surface area contributed by atoms with Crippen molar-refractivity contribution in [1.82, 2.24) is 0 Å². The lowest BCUT2D eigenvalue weighted by atomic mass is 10.2. The first kappa shape index (κ1) is 19.7. The highest BCUT2D eigenvalue weighted by Crippen LogP contribution is 2.15. The molecule has 0 saturated carbocycles. The van der Waals surface area contributed by atoms with Crippen LogP contribution in [0.2, 0.25) is 0 Å². The first-order valence-corrected chi connectivity index (χ1v) is 9.84. The van der Waals surface area contributed by atoms with E-state index in [2.05, 4.69) is 63.7 Å². The summed E-state index contributed by atoms with van der Waals surface area (Å²) >= 11 is 12.6. The molecule has 0 unspecified atom stereocenters. The van der Waals surface area contributed by atoms with Crippen LogP contribution in [0.25, 0.3) is 0 Å². The van der Waals surface area contributed by atoms with Crippen LogP contribution in [0.4, 0.5) is 0 Å². The van der Waals surface area contributed by atoms with E-state index >= 15 is 0 Å². The molecule has 0 bridgehead atoms. The Morgan fingerprint density at radius 3 is 1.09 bits per heavy atom. The Kier molecular flexibility index (Phi) is 9.40. The van der Waals surface area contributed by atoms with Gasteiger partial charge in [0.05, 0.1) is 0 Å². The number of alkyl halides is 4. The number of ketones is 2. The lowest BCUT2D eigenvalue weighted by Gasteiger charge is -1.99. The van der Waals surface area contributed by atoms with Gasteiger partial charge >= 0.3 is 0 Å². The zero-order chi connectivity index (χ0) is 16.5. The van der Waals surface area contributed by atoms with Crippen LogP contribution in [0.5, 0.6) is 0 Å². The maximum Gasteiger partial charge on any atom is 0.187 e. The van der Waals surface area contributed by atoms with Crippen molar-refractivity contribution in [2.75, 3.05) is 0 Å². The molecule has 0 aromatic heterocycles. The molecule has 6 heteroatoms. The van der Waals surface area contributed by atoms with Gasteiger partial charge in [0.2, 0.25) is 0 Å². The van der Waals surface area contributed by atoms with Crippen LogP contribution in [-0.2, 0) is 0 Å². The average Bonchev–Trinajstić information content (AvgIpc) is 2.55. The van der Waals surface area contributed by atoms with Gasteiger partial charge < -0.3 is 0 Å². The summed E-state index contributed by atoms with van der Waals surface area (Å²) < 4.78 is -0.560. The highest BCUT2D eigenvalue weighted by molar-refractivity contribution is 9.25. The van der Waals surface area contributed by atoms with Crippen molar-refractivity contribution >= 4 is 75.3 Å². The van der Waals surface area contributed by atoms with Gasteiger partial charge in [0.1, 0.15) is 7.47 Å². The highest BCUT2D eigenvalue weighted by atomic mass is 79.9. The number of carbonyl (C=O) groups is 2. The third-order valence-electron chi connectivity index (χ3n) is 2.51. The van der Waals surface area contributed by atoms with Crippen molar-refractivity contribution in [3.05, 3.63) is 71.8 Å². The van der Waals surface area contributed by atoms with E-state index in [1.54, 1.807) is 24.3 Å². The van der Waals surface area contributed by atoms with Gasteiger partial charge in [0.15, 0.2) is 11.6 Å². The normalized spacial score (nSPS) is 10.1. The molecule has 0 radical (unpaired) electrons. The lowest BCUT2D eigenvalue weighted by molar-refractivity contribution is 0.100. The molecule has 2 aromatic carbocycles. The van der Waals surface area contributed by atoms with E-state index in [9.17, 15) is 9.59 Å². The van der Waals surface area contributed by atoms with Crippen LogP contribution in [0.15, 0.2) is 60.7 Å². The minimum Gasteiger partial charge on any atom is -0.292 e. The quantitative estimate of drug-likeness (QED) is 0.344. The number of hydrogen-bond donors (Lipinski definition) is 0. The van der Waals surface area contributed by atoms with Crippen LogP contribution in [0.1, 0.15) is 20.7 Å². The minimum absolute atomic E-state index is 0.0469. The zero-order valence-electron chi connectivity index (χ0n) is 11.3. The number of Topliss-reactive ketones (excluding diaryl/α,β-unsaturated/α-hetero) is 2. The Morgan fingerprint density at radius 2 is 0.864 bits per heavy atom. The Morgan fingerprint density at radius 1 is 0.591 bits per heavy atom. The summed E-state index contributed by atoms with van der Waals surface area (Å²) in [5.41, 5.74) is 1.43. The van der Waals surface area contributed by atoms with Crippen molar-refractivity contribution in [1.29, 1.82) is 0 Å². The molecule has 116 valence electrons. The molecular formula is C16H12Br4O2. The number of carbonyl (C=O) groups excluding carboxylic acids is 2. The molecule has 2 rings (SSSR count). The molecule has 0 heterocycles. The van der Waals surface area contributed by atoms with Crippen LogP contribution in [0, 0.1) is 0 Å². The summed E-state index contributed by atoms with van der Waals surface area (Å²) in [6.07, 6.45) is 0. The van der Waals surface area contributed by atoms with Crippen molar-refractivity contribution in [3.8, 4) is 0 Å². The SMILES string of the molecule is O=C(c1ccccc1)C(Br)Br.O=C(c1ccccc1)C(Br)Br. The van der Waals surface area contributed by atoms with Crippen molar-refractivity contribution in [2.45, 2.75) is 7.47 Å². The molecule has 0 spiro atoms. The number of benzene rings is 2. The summed E-state index contributed by atoms with van der Waals surface area (Å²) in [4.78, 5) is 22.5. The summed E-state index contributed by atoms with van der Waals surface area (Å²) in [7, 11) is 0. The highest BCUT2D eigenvalue weighted by Gasteiger charge is 2.12. The predicted octanol–water partition coefficient (Wildman–Crippen LogP) is 5.97. The van der Waals surface area contributed by atoms with E-state index in [0.29, 0.717) is 11.1 Å². The fraction of sp³-hybridized carbons (Fsp3) is 0.125. The molecule has 0 fully saturated rings. The Bertz CT molecular complexity index is 543. The summed E-state index contributed by atoms with van der Waals surface area (Å²) in [6, 6.07) is 18.3. The summed E-state index contributed by atoms with van der Waals surface area (Å²) in [5, 5.41) is 0. The molecule has 22 heavy (non-hydrogen) atoms. The molecule has 0 N–H and O–H groups in total. The van der Waals surface area contributed by atoms with Gasteiger partial charge in [-0.1, -0.05) is 124 Å². The van der Waals surface area contributed by atoms with Gasteiger partial charge in [-0.2, -0.15) is 0 Å². The van der Waals surface area contributed by atoms with Gasteiger partial charge in [0, 0.05) is 11.1 Å². The molecule has 0 saturated heterocycles. The van der Waals surface area contributed by atoms with Gasteiger partial charge in [-0.15, -0.1) is 0 Å². The van der Waals surface area contributed by atoms with Crippen LogP contribution in [0.3, 0.4) is 0 Å². The molecule has 2 aromatic rings. The molecule has 0 aliphatic rings. The number of hydrogen-bond acceptors (Lipinski definition) is 2. The number of halogens is 4. The largest absolute Gasteiger partial charge is 0.292 e. The Labute approximate surface area is 163 Å². The van der Waals surface area contributed by atoms with E-state index in [1.807, 2.05) is 36.4 Å². The maximum atomic E-state index is 11.3. The van der Waals surface area contributed by atoms with Crippen molar-refractivity contribution < 1.29 is 9.59 Å². The minimum atomic E-state index is -0.280. The monoisotopic (exact) mass is 552 g/mol. The zero-order valence-corrected chi connectivity index (χ0v) is 17.6. The fourth-order valence-electron chi connectivity index (χ4n) is 1.46. The standard InChI is InChI=1S/2C8H6Br2O/c2*9-8(10)7(11)6-4-2-1-3-5-6/h2*1-5,8H. The fourth-order valence-corrected chi connectivity index (χ4v) is 2.51. The van der Waals surface area contributed by atoms with Crippen LogP contribution >= 0.6 is 63.7 Å². The number of rotatable bonds is 4. The molecule has 2 nitrogen and oxygen atoms in total. The van der Waals surface area contributed by atoms with Gasteiger partial charge in [-0.05, 0) is 0 Å². The predicted molar refractivity (Wildman–Crippen MR) is 105 cm³/mol. The first-order chi connectivity index (χ1) is 10.4. The topological polar surface area (TPSA) is 34.1 Å². The second-order valence-electron chi connectivity index (χ2n) is 4.06. The van der Waals surface area contributed by atoms with Gasteiger partial charge in [-0.25, -0.2) is 0 Å². The van der Waals surface area contributed by atoms with E-state index < -0.39 is 0 Å². The lowest BCUT2D eigenvalue weighted by Crippen LogP contribution is -2.06. The van der Waals surface area contributed by atoms with E-state index in [-0.39, 0.29) is 19.0 Å². The van der Waals surface area contributed by atoms with Gasteiger partial charge in [-0.3, -0.25) is 9.59 Å². The molecule has 0 atom stereocenters. The summed E-state index contributed by atoms with van der Waals surface area (Å²) in [5.74, 6) is 0.0937. The van der Waals surface area contributed by atoms with E-state index in [1.165, 1.54) is 0 Å². The molecule has 0 aliphatic carbocycles. The Balaban J connectivity index is 0.000000220. The molecule has 0 aliphatic heterocycles. The first-order valence-electron chi connectivity index (χ1n) is 6.18. The smallest absolute Gasteiger partial charge is 0.187 e. The average molecular weight is 556 g/mol. The third kappa shape index (κ3) is 6.86.